The highest BCUT2D eigenvalue weighted by molar-refractivity contribution is 5.17. The van der Waals surface area contributed by atoms with Crippen LogP contribution < -0.4 is 0 Å². The van der Waals surface area contributed by atoms with Gasteiger partial charge in [-0.05, 0) is 25.0 Å². The normalized spacial score (nSPS) is 14.3. The molecule has 0 amide bonds. The molecule has 0 fully saturated rings. The summed E-state index contributed by atoms with van der Waals surface area (Å²) in [5, 5.41) is 0. The SMILES string of the molecule is CC(C)c1cccc(C(C)C(F)(F)F)n1. The zero-order chi connectivity index (χ0) is 11.6. The van der Waals surface area contributed by atoms with Crippen molar-refractivity contribution in [3.63, 3.8) is 0 Å². The molecule has 1 heterocycles. The average Bonchev–Trinajstić information content (AvgIpc) is 2.15. The van der Waals surface area contributed by atoms with Gasteiger partial charge in [-0.25, -0.2) is 0 Å². The minimum atomic E-state index is -4.22. The molecule has 0 aliphatic heterocycles. The van der Waals surface area contributed by atoms with E-state index in [9.17, 15) is 13.2 Å². The van der Waals surface area contributed by atoms with E-state index in [-0.39, 0.29) is 11.6 Å². The smallest absolute Gasteiger partial charge is 0.257 e. The number of pyridine rings is 1. The van der Waals surface area contributed by atoms with Crippen LogP contribution in [0.3, 0.4) is 0 Å². The van der Waals surface area contributed by atoms with Crippen LogP contribution in [-0.2, 0) is 0 Å². The monoisotopic (exact) mass is 217 g/mol. The Kier molecular flexibility index (Phi) is 3.37. The Hall–Kier alpha value is -1.06. The maximum atomic E-state index is 12.4. The van der Waals surface area contributed by atoms with Crippen molar-refractivity contribution >= 4 is 0 Å². The summed E-state index contributed by atoms with van der Waals surface area (Å²) in [6.07, 6.45) is -4.22. The number of hydrogen-bond donors (Lipinski definition) is 0. The topological polar surface area (TPSA) is 12.9 Å². The third-order valence-electron chi connectivity index (χ3n) is 2.32. The van der Waals surface area contributed by atoms with Gasteiger partial charge in [0.15, 0.2) is 0 Å². The molecule has 0 aliphatic rings. The van der Waals surface area contributed by atoms with Crippen molar-refractivity contribution in [3.05, 3.63) is 29.6 Å². The first kappa shape index (κ1) is 12.0. The third kappa shape index (κ3) is 2.94. The van der Waals surface area contributed by atoms with Crippen molar-refractivity contribution in [3.8, 4) is 0 Å². The molecule has 0 N–H and O–H groups in total. The first-order chi connectivity index (χ1) is 6.82. The molecule has 0 spiro atoms. The molecular formula is C11H14F3N. The first-order valence-corrected chi connectivity index (χ1v) is 4.86. The van der Waals surface area contributed by atoms with Crippen LogP contribution in [-0.4, -0.2) is 11.2 Å². The molecule has 1 unspecified atom stereocenters. The van der Waals surface area contributed by atoms with Crippen LogP contribution in [0.1, 0.15) is 44.0 Å². The summed E-state index contributed by atoms with van der Waals surface area (Å²) in [6, 6.07) is 4.79. The number of aromatic nitrogens is 1. The van der Waals surface area contributed by atoms with E-state index in [0.717, 1.165) is 6.92 Å². The molecule has 1 nitrogen and oxygen atoms in total. The standard InChI is InChI=1S/C11H14F3N/c1-7(2)9-5-4-6-10(15-9)8(3)11(12,13)14/h4-8H,1-3H3. The Labute approximate surface area is 87.3 Å². The second-order valence-electron chi connectivity index (χ2n) is 3.91. The molecule has 0 bridgehead atoms. The molecule has 1 rings (SSSR count). The average molecular weight is 217 g/mol. The zero-order valence-electron chi connectivity index (χ0n) is 8.97. The number of alkyl halides is 3. The van der Waals surface area contributed by atoms with Crippen LogP contribution in [0.4, 0.5) is 13.2 Å². The maximum absolute atomic E-state index is 12.4. The van der Waals surface area contributed by atoms with E-state index in [1.165, 1.54) is 6.07 Å². The lowest BCUT2D eigenvalue weighted by molar-refractivity contribution is -0.147. The van der Waals surface area contributed by atoms with Crippen LogP contribution in [0.25, 0.3) is 0 Å². The minimum Gasteiger partial charge on any atom is -0.257 e. The van der Waals surface area contributed by atoms with Crippen molar-refractivity contribution in [2.45, 2.75) is 38.8 Å². The summed E-state index contributed by atoms with van der Waals surface area (Å²) >= 11 is 0. The van der Waals surface area contributed by atoms with Gasteiger partial charge in [-0.3, -0.25) is 4.98 Å². The molecule has 15 heavy (non-hydrogen) atoms. The second-order valence-corrected chi connectivity index (χ2v) is 3.91. The van der Waals surface area contributed by atoms with Crippen LogP contribution in [0, 0.1) is 0 Å². The van der Waals surface area contributed by atoms with Gasteiger partial charge in [-0.1, -0.05) is 19.9 Å². The summed E-state index contributed by atoms with van der Waals surface area (Å²) in [4.78, 5) is 4.02. The fourth-order valence-electron chi connectivity index (χ4n) is 1.20. The molecule has 1 aromatic rings. The van der Waals surface area contributed by atoms with Crippen molar-refractivity contribution in [1.82, 2.24) is 4.98 Å². The van der Waals surface area contributed by atoms with E-state index < -0.39 is 12.1 Å². The first-order valence-electron chi connectivity index (χ1n) is 4.86. The molecule has 1 aromatic heterocycles. The summed E-state index contributed by atoms with van der Waals surface area (Å²) in [7, 11) is 0. The Morgan fingerprint density at radius 3 is 2.07 bits per heavy atom. The molecule has 84 valence electrons. The van der Waals surface area contributed by atoms with E-state index >= 15 is 0 Å². The van der Waals surface area contributed by atoms with Gasteiger partial charge in [0.2, 0.25) is 0 Å². The van der Waals surface area contributed by atoms with Gasteiger partial charge in [-0.15, -0.1) is 0 Å². The Morgan fingerprint density at radius 1 is 1.07 bits per heavy atom. The molecule has 0 aromatic carbocycles. The van der Waals surface area contributed by atoms with E-state index in [1.54, 1.807) is 12.1 Å². The van der Waals surface area contributed by atoms with Crippen molar-refractivity contribution in [1.29, 1.82) is 0 Å². The third-order valence-corrected chi connectivity index (χ3v) is 2.32. The van der Waals surface area contributed by atoms with Crippen LogP contribution in [0.2, 0.25) is 0 Å². The van der Waals surface area contributed by atoms with Gasteiger partial charge in [0.25, 0.3) is 0 Å². The molecule has 0 radical (unpaired) electrons. The van der Waals surface area contributed by atoms with E-state index in [1.807, 2.05) is 13.8 Å². The number of halogens is 3. The van der Waals surface area contributed by atoms with Gasteiger partial charge in [0.1, 0.15) is 0 Å². The van der Waals surface area contributed by atoms with E-state index in [4.69, 9.17) is 0 Å². The second kappa shape index (κ2) is 4.21. The predicted molar refractivity (Wildman–Crippen MR) is 52.8 cm³/mol. The van der Waals surface area contributed by atoms with Gasteiger partial charge < -0.3 is 0 Å². The lowest BCUT2D eigenvalue weighted by Gasteiger charge is -2.16. The molecule has 4 heteroatoms. The van der Waals surface area contributed by atoms with E-state index in [2.05, 4.69) is 4.98 Å². The van der Waals surface area contributed by atoms with Gasteiger partial charge in [0, 0.05) is 5.69 Å². The molecule has 0 saturated carbocycles. The van der Waals surface area contributed by atoms with Gasteiger partial charge in [0.05, 0.1) is 11.6 Å². The summed E-state index contributed by atoms with van der Waals surface area (Å²) in [6.45, 7) is 4.95. The fourth-order valence-corrected chi connectivity index (χ4v) is 1.20. The molecule has 1 atom stereocenters. The fraction of sp³-hybridized carbons (Fsp3) is 0.545. The van der Waals surface area contributed by atoms with Gasteiger partial charge in [-0.2, -0.15) is 13.2 Å². The lowest BCUT2D eigenvalue weighted by atomic mass is 10.0. The van der Waals surface area contributed by atoms with Crippen molar-refractivity contribution in [2.24, 2.45) is 0 Å². The van der Waals surface area contributed by atoms with Crippen molar-refractivity contribution in [2.75, 3.05) is 0 Å². The van der Waals surface area contributed by atoms with Crippen LogP contribution >= 0.6 is 0 Å². The van der Waals surface area contributed by atoms with Crippen LogP contribution in [0.5, 0.6) is 0 Å². The highest BCUT2D eigenvalue weighted by Gasteiger charge is 2.37. The Morgan fingerprint density at radius 2 is 1.60 bits per heavy atom. The molecule has 0 aliphatic carbocycles. The zero-order valence-corrected chi connectivity index (χ0v) is 8.97. The number of hydrogen-bond acceptors (Lipinski definition) is 1. The van der Waals surface area contributed by atoms with Crippen LogP contribution in [0.15, 0.2) is 18.2 Å². The summed E-state index contributed by atoms with van der Waals surface area (Å²) in [5.74, 6) is -1.36. The van der Waals surface area contributed by atoms with E-state index in [0.29, 0.717) is 5.69 Å². The number of nitrogens with zero attached hydrogens (tertiary/aromatic N) is 1. The maximum Gasteiger partial charge on any atom is 0.396 e. The Balaban J connectivity index is 3.00. The summed E-state index contributed by atoms with van der Waals surface area (Å²) in [5.41, 5.74) is 0.789. The highest BCUT2D eigenvalue weighted by Crippen LogP contribution is 2.33. The molecular weight excluding hydrogens is 203 g/mol. The van der Waals surface area contributed by atoms with Gasteiger partial charge >= 0.3 is 6.18 Å². The number of rotatable bonds is 2. The summed E-state index contributed by atoms with van der Waals surface area (Å²) < 4.78 is 37.3. The predicted octanol–water partition coefficient (Wildman–Crippen LogP) is 3.87. The highest BCUT2D eigenvalue weighted by atomic mass is 19.4. The Bertz CT molecular complexity index is 331. The minimum absolute atomic E-state index is 0.0914. The largest absolute Gasteiger partial charge is 0.396 e. The molecule has 0 saturated heterocycles. The quantitative estimate of drug-likeness (QED) is 0.732. The lowest BCUT2D eigenvalue weighted by Crippen LogP contribution is -2.19. The van der Waals surface area contributed by atoms with Crippen molar-refractivity contribution < 1.29 is 13.2 Å².